The van der Waals surface area contributed by atoms with Gasteiger partial charge in [-0.05, 0) is 58.8 Å². The van der Waals surface area contributed by atoms with Gasteiger partial charge in [0.05, 0.1) is 27.8 Å². The van der Waals surface area contributed by atoms with Gasteiger partial charge >= 0.3 is 0 Å². The molecule has 7 aromatic carbocycles. The molecular weight excluding hydrogens is 524 g/mol. The Bertz CT molecular complexity index is 2580. The average molecular weight is 549 g/mol. The van der Waals surface area contributed by atoms with Crippen molar-refractivity contribution in [1.82, 2.24) is 9.13 Å². The van der Waals surface area contributed by atoms with Crippen LogP contribution in [0.5, 0.6) is 11.5 Å². The van der Waals surface area contributed by atoms with Gasteiger partial charge in [-0.2, -0.15) is 0 Å². The van der Waals surface area contributed by atoms with Gasteiger partial charge in [-0.1, -0.05) is 103 Å². The molecule has 0 fully saturated rings. The first-order valence-electron chi connectivity index (χ1n) is 14.7. The lowest BCUT2D eigenvalue weighted by atomic mass is 10.0. The highest BCUT2D eigenvalue weighted by atomic mass is 16.5. The molecule has 2 aromatic heterocycles. The third-order valence-electron chi connectivity index (χ3n) is 9.10. The fraction of sp³-hybridized carbons (Fsp3) is 0. The minimum Gasteiger partial charge on any atom is -0.452 e. The molecular formula is C40H24N2O. The van der Waals surface area contributed by atoms with E-state index in [-0.39, 0.29) is 0 Å². The van der Waals surface area contributed by atoms with E-state index in [1.54, 1.807) is 0 Å². The minimum absolute atomic E-state index is 0.889. The van der Waals surface area contributed by atoms with Crippen LogP contribution in [-0.4, -0.2) is 9.13 Å². The highest BCUT2D eigenvalue weighted by Gasteiger charge is 2.25. The van der Waals surface area contributed by atoms with Gasteiger partial charge < -0.3 is 13.9 Å². The van der Waals surface area contributed by atoms with E-state index in [2.05, 4.69) is 155 Å². The third kappa shape index (κ3) is 3.03. The molecule has 0 N–H and O–H groups in total. The Morgan fingerprint density at radius 1 is 0.442 bits per heavy atom. The van der Waals surface area contributed by atoms with Crippen LogP contribution in [0.15, 0.2) is 146 Å². The van der Waals surface area contributed by atoms with Gasteiger partial charge in [0.15, 0.2) is 11.5 Å². The summed E-state index contributed by atoms with van der Waals surface area (Å²) in [7, 11) is 0. The molecule has 0 saturated heterocycles. The zero-order valence-corrected chi connectivity index (χ0v) is 23.2. The molecule has 0 atom stereocenters. The minimum atomic E-state index is 0.889. The molecule has 0 unspecified atom stereocenters. The summed E-state index contributed by atoms with van der Waals surface area (Å²) in [5.41, 5.74) is 9.16. The van der Waals surface area contributed by atoms with Gasteiger partial charge in [-0.15, -0.1) is 0 Å². The molecule has 43 heavy (non-hydrogen) atoms. The van der Waals surface area contributed by atoms with Crippen molar-refractivity contribution in [2.45, 2.75) is 0 Å². The van der Waals surface area contributed by atoms with Crippen molar-refractivity contribution in [1.29, 1.82) is 0 Å². The quantitative estimate of drug-likeness (QED) is 0.210. The zero-order chi connectivity index (χ0) is 28.1. The summed E-state index contributed by atoms with van der Waals surface area (Å²) < 4.78 is 11.4. The number of ether oxygens (including phenoxy) is 1. The van der Waals surface area contributed by atoms with Crippen molar-refractivity contribution < 1.29 is 4.74 Å². The topological polar surface area (TPSA) is 19.1 Å². The van der Waals surface area contributed by atoms with Gasteiger partial charge in [0.25, 0.3) is 0 Å². The predicted octanol–water partition coefficient (Wildman–Crippen LogP) is 10.8. The standard InChI is InChI=1S/C40H24N2O/c1-2-10-28-25(9-1)21-24-35-38(28)32-12-4-6-16-34(32)41(35)27-22-19-26(20-23-27)29-13-7-17-36-40(29)43-37-18-8-14-31-30-11-3-5-15-33(30)42(36)39(31)37/h1-24H. The first kappa shape index (κ1) is 22.8. The SMILES string of the molecule is c1cc(-c2ccc(-n3c4ccccc4c4c5ccccc5ccc43)cc2)c2c(c1)-n1c3ccccc3c3cccc(c31)O2. The van der Waals surface area contributed by atoms with Crippen LogP contribution >= 0.6 is 0 Å². The lowest BCUT2D eigenvalue weighted by Gasteiger charge is -2.23. The lowest BCUT2D eigenvalue weighted by Crippen LogP contribution is -2.05. The van der Waals surface area contributed by atoms with E-state index >= 15 is 0 Å². The summed E-state index contributed by atoms with van der Waals surface area (Å²) in [6.07, 6.45) is 0. The smallest absolute Gasteiger partial charge is 0.159 e. The first-order valence-corrected chi connectivity index (χ1v) is 14.7. The van der Waals surface area contributed by atoms with E-state index in [0.29, 0.717) is 0 Å². The van der Waals surface area contributed by atoms with Gasteiger partial charge in [0.1, 0.15) is 0 Å². The molecule has 0 saturated carbocycles. The van der Waals surface area contributed by atoms with Crippen LogP contribution < -0.4 is 4.74 Å². The normalized spacial score (nSPS) is 12.4. The van der Waals surface area contributed by atoms with Gasteiger partial charge in [-0.3, -0.25) is 0 Å². The fourth-order valence-electron chi connectivity index (χ4n) is 7.27. The molecule has 9 aromatic rings. The molecule has 10 rings (SSSR count). The van der Waals surface area contributed by atoms with E-state index in [0.717, 1.165) is 39.5 Å². The number of nitrogens with zero attached hydrogens (tertiary/aromatic N) is 2. The summed E-state index contributed by atoms with van der Waals surface area (Å²) in [5.74, 6) is 1.78. The summed E-state index contributed by atoms with van der Waals surface area (Å²) in [6.45, 7) is 0. The molecule has 3 heteroatoms. The second-order valence-electron chi connectivity index (χ2n) is 11.3. The van der Waals surface area contributed by atoms with E-state index < -0.39 is 0 Å². The van der Waals surface area contributed by atoms with Gasteiger partial charge in [-0.25, -0.2) is 0 Å². The summed E-state index contributed by atoms with van der Waals surface area (Å²) in [4.78, 5) is 0. The van der Waals surface area contributed by atoms with Crippen molar-refractivity contribution in [2.24, 2.45) is 0 Å². The number of aromatic nitrogens is 2. The van der Waals surface area contributed by atoms with E-state index in [1.807, 2.05) is 0 Å². The second kappa shape index (κ2) is 8.37. The second-order valence-corrected chi connectivity index (χ2v) is 11.3. The van der Waals surface area contributed by atoms with Crippen molar-refractivity contribution in [3.63, 3.8) is 0 Å². The van der Waals surface area contributed by atoms with Crippen LogP contribution in [0.25, 0.3) is 76.9 Å². The van der Waals surface area contributed by atoms with Gasteiger partial charge in [0.2, 0.25) is 0 Å². The zero-order valence-electron chi connectivity index (χ0n) is 23.2. The predicted molar refractivity (Wildman–Crippen MR) is 178 cm³/mol. The van der Waals surface area contributed by atoms with E-state index in [9.17, 15) is 0 Å². The van der Waals surface area contributed by atoms with Crippen molar-refractivity contribution >= 4 is 54.4 Å². The van der Waals surface area contributed by atoms with E-state index in [1.165, 1.54) is 48.9 Å². The first-order chi connectivity index (χ1) is 21.3. The molecule has 0 aliphatic carbocycles. The van der Waals surface area contributed by atoms with Crippen LogP contribution in [0.2, 0.25) is 0 Å². The Kier molecular flexibility index (Phi) is 4.45. The van der Waals surface area contributed by atoms with Crippen LogP contribution in [0.3, 0.4) is 0 Å². The van der Waals surface area contributed by atoms with Crippen molar-refractivity contribution in [3.8, 4) is 34.0 Å². The fourth-order valence-corrected chi connectivity index (χ4v) is 7.27. The largest absolute Gasteiger partial charge is 0.452 e. The molecule has 1 aliphatic rings. The number of hydrogen-bond acceptors (Lipinski definition) is 1. The van der Waals surface area contributed by atoms with Crippen LogP contribution in [0.4, 0.5) is 0 Å². The highest BCUT2D eigenvalue weighted by molar-refractivity contribution is 6.21. The number of fused-ring (bicyclic) bond motifs is 10. The Balaban J connectivity index is 1.16. The van der Waals surface area contributed by atoms with Crippen molar-refractivity contribution in [2.75, 3.05) is 0 Å². The van der Waals surface area contributed by atoms with Crippen LogP contribution in [0, 0.1) is 0 Å². The number of para-hydroxylation sites is 4. The monoisotopic (exact) mass is 548 g/mol. The summed E-state index contributed by atoms with van der Waals surface area (Å²) in [6, 6.07) is 52.2. The van der Waals surface area contributed by atoms with E-state index in [4.69, 9.17) is 4.74 Å². The number of hydrogen-bond donors (Lipinski definition) is 0. The van der Waals surface area contributed by atoms with Crippen LogP contribution in [-0.2, 0) is 0 Å². The van der Waals surface area contributed by atoms with Crippen molar-refractivity contribution in [3.05, 3.63) is 146 Å². The lowest BCUT2D eigenvalue weighted by molar-refractivity contribution is 0.478. The third-order valence-corrected chi connectivity index (χ3v) is 9.10. The Hall–Kier alpha value is -5.80. The maximum absolute atomic E-state index is 6.70. The molecule has 200 valence electrons. The molecule has 1 aliphatic heterocycles. The highest BCUT2D eigenvalue weighted by Crippen LogP contribution is 2.48. The number of benzene rings is 7. The Morgan fingerprint density at radius 3 is 2.00 bits per heavy atom. The maximum Gasteiger partial charge on any atom is 0.159 e. The summed E-state index contributed by atoms with van der Waals surface area (Å²) >= 11 is 0. The molecule has 3 nitrogen and oxygen atoms in total. The Morgan fingerprint density at radius 2 is 1.14 bits per heavy atom. The molecule has 0 radical (unpaired) electrons. The molecule has 0 spiro atoms. The summed E-state index contributed by atoms with van der Waals surface area (Å²) in [5, 5.41) is 7.57. The molecule has 3 heterocycles. The number of rotatable bonds is 2. The van der Waals surface area contributed by atoms with Gasteiger partial charge in [0, 0.05) is 32.8 Å². The Labute approximate surface area is 247 Å². The molecule has 0 amide bonds. The van der Waals surface area contributed by atoms with Crippen LogP contribution in [0.1, 0.15) is 0 Å². The average Bonchev–Trinajstić information content (AvgIpc) is 3.60. The maximum atomic E-state index is 6.70. The molecule has 0 bridgehead atoms.